The lowest BCUT2D eigenvalue weighted by atomic mass is 9.85. The first kappa shape index (κ1) is 18.4. The first-order valence-electron chi connectivity index (χ1n) is 9.97. The van der Waals surface area contributed by atoms with Crippen LogP contribution in [0.4, 0.5) is 0 Å². The minimum absolute atomic E-state index is 0.362. The van der Waals surface area contributed by atoms with Crippen LogP contribution in [0.1, 0.15) is 31.7 Å². The second-order valence-corrected chi connectivity index (χ2v) is 7.75. The lowest BCUT2D eigenvalue weighted by Crippen LogP contribution is -2.49. The molecule has 0 aromatic heterocycles. The van der Waals surface area contributed by atoms with Crippen molar-refractivity contribution in [2.45, 2.75) is 32.6 Å². The summed E-state index contributed by atoms with van der Waals surface area (Å²) in [4.78, 5) is 17.2. The van der Waals surface area contributed by atoms with Gasteiger partial charge in [0.15, 0.2) is 0 Å². The average Bonchev–Trinajstić information content (AvgIpc) is 2.68. The molecule has 2 saturated heterocycles. The highest BCUT2D eigenvalue weighted by Crippen LogP contribution is 2.23. The topological polar surface area (TPSA) is 35.6 Å². The number of piperazine rings is 1. The van der Waals surface area contributed by atoms with E-state index in [0.717, 1.165) is 58.7 Å². The Bertz CT molecular complexity index is 519. The Kier molecular flexibility index (Phi) is 6.88. The van der Waals surface area contributed by atoms with Crippen molar-refractivity contribution < 1.29 is 4.79 Å². The van der Waals surface area contributed by atoms with Crippen LogP contribution in [0.2, 0.25) is 0 Å². The number of piperidine rings is 1. The first-order valence-corrected chi connectivity index (χ1v) is 9.97. The van der Waals surface area contributed by atoms with Gasteiger partial charge in [-0.2, -0.15) is 0 Å². The van der Waals surface area contributed by atoms with Crippen molar-refractivity contribution >= 4 is 5.91 Å². The molecule has 0 aliphatic carbocycles. The molecule has 4 heteroatoms. The van der Waals surface area contributed by atoms with E-state index >= 15 is 0 Å². The molecule has 2 heterocycles. The van der Waals surface area contributed by atoms with Crippen LogP contribution in [0.3, 0.4) is 0 Å². The third-order valence-corrected chi connectivity index (χ3v) is 5.92. The van der Waals surface area contributed by atoms with Crippen LogP contribution in [0.15, 0.2) is 30.3 Å². The molecule has 1 aromatic rings. The van der Waals surface area contributed by atoms with Gasteiger partial charge in [0, 0.05) is 39.1 Å². The summed E-state index contributed by atoms with van der Waals surface area (Å²) in [6.45, 7) is 9.38. The summed E-state index contributed by atoms with van der Waals surface area (Å²) in [7, 11) is 0. The number of nitrogens with one attached hydrogen (secondary N) is 1. The van der Waals surface area contributed by atoms with E-state index in [-0.39, 0.29) is 0 Å². The van der Waals surface area contributed by atoms with Crippen LogP contribution in [-0.2, 0) is 11.2 Å². The maximum atomic E-state index is 12.6. The van der Waals surface area contributed by atoms with E-state index < -0.39 is 0 Å². The van der Waals surface area contributed by atoms with Gasteiger partial charge in [0.1, 0.15) is 0 Å². The van der Waals surface area contributed by atoms with Crippen molar-refractivity contribution in [3.8, 4) is 0 Å². The molecule has 2 aliphatic rings. The van der Waals surface area contributed by atoms with E-state index in [0.29, 0.717) is 17.7 Å². The highest BCUT2D eigenvalue weighted by molar-refractivity contribution is 5.76. The predicted molar refractivity (Wildman–Crippen MR) is 103 cm³/mol. The largest absolute Gasteiger partial charge is 0.340 e. The molecule has 0 bridgehead atoms. The molecule has 2 unspecified atom stereocenters. The molecule has 0 spiro atoms. The maximum Gasteiger partial charge on any atom is 0.222 e. The molecule has 1 aromatic carbocycles. The minimum Gasteiger partial charge on any atom is -0.340 e. The maximum absolute atomic E-state index is 12.6. The molecule has 25 heavy (non-hydrogen) atoms. The van der Waals surface area contributed by atoms with Crippen LogP contribution >= 0.6 is 0 Å². The zero-order valence-electron chi connectivity index (χ0n) is 15.6. The smallest absolute Gasteiger partial charge is 0.222 e. The third kappa shape index (κ3) is 5.55. The van der Waals surface area contributed by atoms with Crippen LogP contribution in [-0.4, -0.2) is 61.5 Å². The summed E-state index contributed by atoms with van der Waals surface area (Å²) < 4.78 is 0. The van der Waals surface area contributed by atoms with Gasteiger partial charge in [-0.3, -0.25) is 9.69 Å². The van der Waals surface area contributed by atoms with Crippen molar-refractivity contribution in [1.29, 1.82) is 0 Å². The number of hydrogen-bond acceptors (Lipinski definition) is 3. The van der Waals surface area contributed by atoms with Gasteiger partial charge in [0.25, 0.3) is 0 Å². The van der Waals surface area contributed by atoms with Gasteiger partial charge in [-0.1, -0.05) is 37.3 Å². The van der Waals surface area contributed by atoms with E-state index in [4.69, 9.17) is 0 Å². The molecular formula is C21H33N3O. The summed E-state index contributed by atoms with van der Waals surface area (Å²) in [5, 5.41) is 3.47. The Hall–Kier alpha value is -1.39. The van der Waals surface area contributed by atoms with Crippen molar-refractivity contribution in [1.82, 2.24) is 15.1 Å². The van der Waals surface area contributed by atoms with Gasteiger partial charge >= 0.3 is 0 Å². The summed E-state index contributed by atoms with van der Waals surface area (Å²) in [5.41, 5.74) is 1.40. The van der Waals surface area contributed by atoms with E-state index in [1.807, 2.05) is 0 Å². The van der Waals surface area contributed by atoms with Gasteiger partial charge in [0.2, 0.25) is 5.91 Å². The van der Waals surface area contributed by atoms with Gasteiger partial charge in [-0.25, -0.2) is 0 Å². The van der Waals surface area contributed by atoms with Crippen molar-refractivity contribution in [2.24, 2.45) is 11.8 Å². The number of hydrogen-bond donors (Lipinski definition) is 1. The highest BCUT2D eigenvalue weighted by Gasteiger charge is 2.26. The van der Waals surface area contributed by atoms with Gasteiger partial charge < -0.3 is 10.2 Å². The van der Waals surface area contributed by atoms with E-state index in [9.17, 15) is 4.79 Å². The molecule has 1 amide bonds. The third-order valence-electron chi connectivity index (χ3n) is 5.92. The van der Waals surface area contributed by atoms with Crippen LogP contribution in [0.5, 0.6) is 0 Å². The number of carbonyl (C=O) groups is 1. The molecule has 0 saturated carbocycles. The number of carbonyl (C=O) groups excluding carboxylic acids is 1. The lowest BCUT2D eigenvalue weighted by Gasteiger charge is -2.36. The van der Waals surface area contributed by atoms with Crippen LogP contribution < -0.4 is 5.32 Å². The Morgan fingerprint density at radius 2 is 1.96 bits per heavy atom. The van der Waals surface area contributed by atoms with Gasteiger partial charge in [-0.05, 0) is 49.8 Å². The second-order valence-electron chi connectivity index (χ2n) is 7.75. The molecule has 0 radical (unpaired) electrons. The summed E-state index contributed by atoms with van der Waals surface area (Å²) in [6, 6.07) is 10.7. The van der Waals surface area contributed by atoms with Gasteiger partial charge in [0.05, 0.1) is 0 Å². The molecule has 3 rings (SSSR count). The monoisotopic (exact) mass is 343 g/mol. The Morgan fingerprint density at radius 3 is 2.64 bits per heavy atom. The Morgan fingerprint density at radius 1 is 1.20 bits per heavy atom. The molecule has 2 fully saturated rings. The first-order chi connectivity index (χ1) is 12.2. The fourth-order valence-electron chi connectivity index (χ4n) is 4.09. The number of benzene rings is 1. The van der Waals surface area contributed by atoms with E-state index in [2.05, 4.69) is 52.4 Å². The zero-order chi connectivity index (χ0) is 17.5. The second kappa shape index (κ2) is 9.35. The summed E-state index contributed by atoms with van der Waals surface area (Å²) >= 11 is 0. The van der Waals surface area contributed by atoms with Crippen molar-refractivity contribution in [3.05, 3.63) is 35.9 Å². The zero-order valence-corrected chi connectivity index (χ0v) is 15.6. The molecule has 4 nitrogen and oxygen atoms in total. The molecule has 1 N–H and O–H groups in total. The van der Waals surface area contributed by atoms with Crippen molar-refractivity contribution in [3.63, 3.8) is 0 Å². The fourth-order valence-corrected chi connectivity index (χ4v) is 4.09. The van der Waals surface area contributed by atoms with Gasteiger partial charge in [-0.15, -0.1) is 0 Å². The Labute approximate surface area is 152 Å². The minimum atomic E-state index is 0.362. The van der Waals surface area contributed by atoms with E-state index in [1.54, 1.807) is 0 Å². The number of nitrogens with zero attached hydrogens (tertiary/aromatic N) is 2. The quantitative estimate of drug-likeness (QED) is 0.861. The Balaban J connectivity index is 1.37. The number of rotatable bonds is 6. The van der Waals surface area contributed by atoms with E-state index in [1.165, 1.54) is 18.4 Å². The average molecular weight is 344 g/mol. The predicted octanol–water partition coefficient (Wildman–Crippen LogP) is 2.40. The lowest BCUT2D eigenvalue weighted by molar-refractivity contribution is -0.134. The SMILES string of the molecule is CC(CC(=O)N1CCN(CCc2ccccc2)CC1)C1CCCNC1. The van der Waals surface area contributed by atoms with Crippen LogP contribution in [0.25, 0.3) is 0 Å². The molecule has 2 aliphatic heterocycles. The normalized spacial score (nSPS) is 23.4. The standard InChI is InChI=1S/C21H33N3O/c1-18(20-8-5-10-22-17-20)16-21(25)24-14-12-23(13-15-24)11-9-19-6-3-2-4-7-19/h2-4,6-7,18,20,22H,5,8-17H2,1H3. The van der Waals surface area contributed by atoms with Crippen molar-refractivity contribution in [2.75, 3.05) is 45.8 Å². The summed E-state index contributed by atoms with van der Waals surface area (Å²) in [5.74, 6) is 1.53. The molecular weight excluding hydrogens is 310 g/mol. The highest BCUT2D eigenvalue weighted by atomic mass is 16.2. The fraction of sp³-hybridized carbons (Fsp3) is 0.667. The molecule has 138 valence electrons. The summed E-state index contributed by atoms with van der Waals surface area (Å²) in [6.07, 6.45) is 4.34. The number of amides is 1. The van der Waals surface area contributed by atoms with Crippen LogP contribution in [0, 0.1) is 11.8 Å². The molecule has 2 atom stereocenters.